The van der Waals surface area contributed by atoms with Gasteiger partial charge in [0.05, 0.1) is 18.1 Å². The number of carboxylic acids is 1. The van der Waals surface area contributed by atoms with E-state index in [-0.39, 0.29) is 41.6 Å². The van der Waals surface area contributed by atoms with Crippen molar-refractivity contribution in [3.63, 3.8) is 0 Å². The molecule has 0 saturated carbocycles. The number of fused-ring (bicyclic) bond motifs is 1. The number of carbonyl (C=O) groups is 2. The molecule has 0 aliphatic carbocycles. The maximum atomic E-state index is 14.3. The van der Waals surface area contributed by atoms with Gasteiger partial charge >= 0.3 is 5.97 Å². The van der Waals surface area contributed by atoms with Crippen molar-refractivity contribution < 1.29 is 38.8 Å². The Hall–Kier alpha value is -2.13. The molecular formula is C23H30F2N4O6S. The van der Waals surface area contributed by atoms with Crippen molar-refractivity contribution >= 4 is 23.6 Å². The van der Waals surface area contributed by atoms with Gasteiger partial charge in [0.15, 0.2) is 0 Å². The standard InChI is InChI=1S/C23H30F2N4O6S/c1-10-18-17(11(2)30)21(31)29(18)19(22(32)33)20(10)36-15-6-14(7-27-23(26,34)35)28(9-15)8-12-5-13(24)3-4-16(12)25/h3-5,10-11,14-15,17-18,27,30,34-35H,6-9,26H2,1-2H3,(H,32,33). The van der Waals surface area contributed by atoms with E-state index in [1.54, 1.807) is 0 Å². The Morgan fingerprint density at radius 2 is 2.06 bits per heavy atom. The average Bonchev–Trinajstić information content (AvgIpc) is 3.25. The predicted octanol–water partition coefficient (Wildman–Crippen LogP) is -0.0612. The van der Waals surface area contributed by atoms with Crippen LogP contribution in [0.3, 0.4) is 0 Å². The van der Waals surface area contributed by atoms with Crippen LogP contribution in [-0.2, 0) is 16.1 Å². The van der Waals surface area contributed by atoms with Gasteiger partial charge in [-0.3, -0.25) is 20.7 Å². The van der Waals surface area contributed by atoms with Gasteiger partial charge in [-0.15, -0.1) is 11.8 Å². The molecule has 0 radical (unpaired) electrons. The zero-order valence-electron chi connectivity index (χ0n) is 19.8. The van der Waals surface area contributed by atoms with Crippen LogP contribution in [0, 0.1) is 23.5 Å². The Bertz CT molecular complexity index is 1080. The van der Waals surface area contributed by atoms with Gasteiger partial charge in [0.2, 0.25) is 5.91 Å². The number of nitrogens with two attached hydrogens (primary N) is 1. The maximum Gasteiger partial charge on any atom is 0.353 e. The minimum Gasteiger partial charge on any atom is -0.477 e. The molecule has 36 heavy (non-hydrogen) atoms. The first-order chi connectivity index (χ1) is 16.8. The van der Waals surface area contributed by atoms with Crippen LogP contribution in [0.5, 0.6) is 0 Å². The molecule has 7 N–H and O–H groups in total. The number of benzene rings is 1. The lowest BCUT2D eigenvalue weighted by Crippen LogP contribution is -2.63. The van der Waals surface area contributed by atoms with Crippen molar-refractivity contribution in [3.05, 3.63) is 46.0 Å². The second-order valence-electron chi connectivity index (χ2n) is 9.67. The molecule has 0 spiro atoms. The lowest BCUT2D eigenvalue weighted by Gasteiger charge is -2.46. The quantitative estimate of drug-likeness (QED) is 0.189. The number of thioether (sulfide) groups is 1. The molecule has 0 bridgehead atoms. The number of hydrogen-bond acceptors (Lipinski definition) is 9. The minimum atomic E-state index is -2.62. The number of hydrogen-bond donors (Lipinski definition) is 6. The fourth-order valence-corrected chi connectivity index (χ4v) is 7.03. The van der Waals surface area contributed by atoms with E-state index in [2.05, 4.69) is 5.32 Å². The zero-order chi connectivity index (χ0) is 26.5. The first-order valence-corrected chi connectivity index (χ1v) is 12.5. The van der Waals surface area contributed by atoms with Crippen LogP contribution >= 0.6 is 11.8 Å². The number of carbonyl (C=O) groups excluding carboxylic acids is 1. The molecule has 6 unspecified atom stereocenters. The highest BCUT2D eigenvalue weighted by Gasteiger charge is 2.60. The average molecular weight is 529 g/mol. The first-order valence-electron chi connectivity index (χ1n) is 11.6. The monoisotopic (exact) mass is 528 g/mol. The summed E-state index contributed by atoms with van der Waals surface area (Å²) in [5, 5.41) is 41.1. The number of amides is 1. The summed E-state index contributed by atoms with van der Waals surface area (Å²) in [5.41, 5.74) is 5.26. The highest BCUT2D eigenvalue weighted by Crippen LogP contribution is 2.52. The van der Waals surface area contributed by atoms with Crippen molar-refractivity contribution in [1.82, 2.24) is 15.1 Å². The van der Waals surface area contributed by atoms with Gasteiger partial charge in [0, 0.05) is 47.3 Å². The third kappa shape index (κ3) is 5.14. The molecule has 0 aromatic heterocycles. The van der Waals surface area contributed by atoms with Gasteiger partial charge in [-0.2, -0.15) is 0 Å². The smallest absolute Gasteiger partial charge is 0.353 e. The van der Waals surface area contributed by atoms with E-state index in [1.807, 2.05) is 11.8 Å². The minimum absolute atomic E-state index is 0.0230. The number of aliphatic hydroxyl groups excluding tert-OH is 1. The van der Waals surface area contributed by atoms with E-state index in [9.17, 15) is 38.8 Å². The normalized spacial score (nSPS) is 29.5. The van der Waals surface area contributed by atoms with Crippen molar-refractivity contribution in [3.8, 4) is 0 Å². The molecule has 1 aromatic carbocycles. The van der Waals surface area contributed by atoms with Crippen LogP contribution in [-0.4, -0.2) is 84.7 Å². The number of aliphatic carboxylic acids is 1. The number of aliphatic hydroxyl groups is 3. The van der Waals surface area contributed by atoms with Gasteiger partial charge in [-0.1, -0.05) is 6.92 Å². The lowest BCUT2D eigenvalue weighted by molar-refractivity contribution is -0.181. The summed E-state index contributed by atoms with van der Waals surface area (Å²) >= 11 is 1.31. The molecule has 6 atom stereocenters. The summed E-state index contributed by atoms with van der Waals surface area (Å²) in [5.74, 6) is -3.80. The van der Waals surface area contributed by atoms with Crippen LogP contribution in [0.2, 0.25) is 0 Å². The fraction of sp³-hybridized carbons (Fsp3) is 0.565. The number of β-lactam (4-membered cyclic amide) rings is 1. The molecule has 3 aliphatic rings. The van der Waals surface area contributed by atoms with E-state index in [0.717, 1.165) is 18.2 Å². The molecule has 1 amide bonds. The molecule has 1 aromatic rings. The topological polar surface area (TPSA) is 160 Å². The molecule has 10 nitrogen and oxygen atoms in total. The molecule has 3 heterocycles. The number of nitrogens with one attached hydrogen (secondary N) is 1. The van der Waals surface area contributed by atoms with Gasteiger partial charge in [0.1, 0.15) is 17.3 Å². The van der Waals surface area contributed by atoms with E-state index in [0.29, 0.717) is 17.9 Å². The number of nitrogens with zero attached hydrogens (tertiary/aromatic N) is 2. The van der Waals surface area contributed by atoms with Crippen molar-refractivity contribution in [1.29, 1.82) is 0 Å². The molecule has 198 valence electrons. The van der Waals surface area contributed by atoms with Crippen LogP contribution in [0.4, 0.5) is 8.78 Å². The Morgan fingerprint density at radius 1 is 1.36 bits per heavy atom. The third-order valence-electron chi connectivity index (χ3n) is 7.07. The molecule has 4 rings (SSSR count). The Kier molecular flexibility index (Phi) is 7.45. The number of likely N-dealkylation sites (tertiary alicyclic amines) is 1. The summed E-state index contributed by atoms with van der Waals surface area (Å²) in [6, 6.07) is -0.263. The SMILES string of the molecule is CC(O)C1C(=O)N2C(C(=O)O)=C(SC3CC(CNC(N)(O)O)N(Cc4cc(F)ccc4F)C3)C(C)C12. The Labute approximate surface area is 210 Å². The lowest BCUT2D eigenvalue weighted by atomic mass is 9.79. The van der Waals surface area contributed by atoms with E-state index < -0.39 is 47.6 Å². The van der Waals surface area contributed by atoms with Gasteiger partial charge < -0.3 is 25.3 Å². The number of rotatable bonds is 9. The van der Waals surface area contributed by atoms with Crippen LogP contribution in [0.25, 0.3) is 0 Å². The highest BCUT2D eigenvalue weighted by atomic mass is 32.2. The summed E-state index contributed by atoms with van der Waals surface area (Å²) < 4.78 is 28.1. The van der Waals surface area contributed by atoms with Gasteiger partial charge in [-0.25, -0.2) is 13.6 Å². The van der Waals surface area contributed by atoms with Crippen LogP contribution in [0.15, 0.2) is 28.8 Å². The summed E-state index contributed by atoms with van der Waals surface area (Å²) in [4.78, 5) is 28.3. The van der Waals surface area contributed by atoms with E-state index >= 15 is 0 Å². The molecule has 2 fully saturated rings. The van der Waals surface area contributed by atoms with Crippen LogP contribution in [0.1, 0.15) is 25.8 Å². The summed E-state index contributed by atoms with van der Waals surface area (Å²) in [6.07, 6.45) is -0.459. The Morgan fingerprint density at radius 3 is 2.67 bits per heavy atom. The van der Waals surface area contributed by atoms with Crippen LogP contribution < -0.4 is 11.1 Å². The van der Waals surface area contributed by atoms with Crippen molar-refractivity contribution in [2.24, 2.45) is 17.6 Å². The Balaban J connectivity index is 1.56. The maximum absolute atomic E-state index is 14.3. The molecule has 13 heteroatoms. The van der Waals surface area contributed by atoms with E-state index in [4.69, 9.17) is 5.73 Å². The molecular weight excluding hydrogens is 498 g/mol. The third-order valence-corrected chi connectivity index (χ3v) is 8.57. The molecule has 3 aliphatic heterocycles. The largest absolute Gasteiger partial charge is 0.477 e. The fourth-order valence-electron chi connectivity index (χ4n) is 5.44. The van der Waals surface area contributed by atoms with E-state index in [1.165, 1.54) is 23.6 Å². The first kappa shape index (κ1) is 26.9. The second-order valence-corrected chi connectivity index (χ2v) is 11.0. The summed E-state index contributed by atoms with van der Waals surface area (Å²) in [7, 11) is 0. The van der Waals surface area contributed by atoms with Crippen molar-refractivity contribution in [2.75, 3.05) is 13.1 Å². The second kappa shape index (κ2) is 9.97. The van der Waals surface area contributed by atoms with Crippen molar-refractivity contribution in [2.45, 2.75) is 56.3 Å². The summed E-state index contributed by atoms with van der Waals surface area (Å²) in [6.45, 7) is 3.76. The highest BCUT2D eigenvalue weighted by molar-refractivity contribution is 8.03. The predicted molar refractivity (Wildman–Crippen MR) is 126 cm³/mol. The zero-order valence-corrected chi connectivity index (χ0v) is 20.6. The van der Waals surface area contributed by atoms with Gasteiger partial charge in [0.25, 0.3) is 6.03 Å². The number of halogens is 2. The van der Waals surface area contributed by atoms with Gasteiger partial charge in [-0.05, 0) is 31.5 Å². The number of carboxylic acid groups (broad SMARTS) is 1. The molecule has 2 saturated heterocycles.